The Labute approximate surface area is 272 Å². The number of morpholine rings is 1. The molecule has 14 heteroatoms. The maximum Gasteiger partial charge on any atom is 0.425 e. The van der Waals surface area contributed by atoms with Gasteiger partial charge in [-0.2, -0.15) is 4.90 Å². The smallest absolute Gasteiger partial charge is 0.425 e. The second-order valence-electron chi connectivity index (χ2n) is 12.8. The molecule has 3 aromatic rings. The summed E-state index contributed by atoms with van der Waals surface area (Å²) in [7, 11) is 0. The number of amides is 5. The number of nitrogens with one attached hydrogen (secondary N) is 2. The lowest BCUT2D eigenvalue weighted by Gasteiger charge is -2.34. The minimum absolute atomic E-state index is 0.0460. The molecule has 250 valence electrons. The maximum atomic E-state index is 13.3. The largest absolute Gasteiger partial charge is 0.443 e. The summed E-state index contributed by atoms with van der Waals surface area (Å²) < 4.78 is 16.4. The van der Waals surface area contributed by atoms with E-state index < -0.39 is 47.4 Å². The van der Waals surface area contributed by atoms with Crippen molar-refractivity contribution in [3.8, 4) is 0 Å². The molecule has 0 spiro atoms. The van der Waals surface area contributed by atoms with E-state index in [0.717, 1.165) is 0 Å². The Morgan fingerprint density at radius 2 is 1.53 bits per heavy atom. The number of imide groups is 1. The van der Waals surface area contributed by atoms with Gasteiger partial charge in [0, 0.05) is 42.1 Å². The lowest BCUT2D eigenvalue weighted by molar-refractivity contribution is -0.150. The second kappa shape index (κ2) is 13.7. The Morgan fingerprint density at radius 1 is 0.936 bits per heavy atom. The van der Waals surface area contributed by atoms with Crippen LogP contribution in [0, 0.1) is 0 Å². The number of aliphatic hydroxyl groups excluding tert-OH is 1. The average molecular weight is 650 g/mol. The fraction of sp³-hybridized carbons (Fsp3) is 0.394. The summed E-state index contributed by atoms with van der Waals surface area (Å²) in [5.41, 5.74) is -0.513. The van der Waals surface area contributed by atoms with Crippen LogP contribution in [0.1, 0.15) is 48.5 Å². The van der Waals surface area contributed by atoms with Crippen molar-refractivity contribution >= 4 is 63.6 Å². The third-order valence-corrected chi connectivity index (χ3v) is 6.55. The molecule has 2 atom stereocenters. The predicted octanol–water partition coefficient (Wildman–Crippen LogP) is 4.60. The molecule has 0 saturated carbocycles. The van der Waals surface area contributed by atoms with Gasteiger partial charge in [-0.15, -0.1) is 0 Å². The van der Waals surface area contributed by atoms with Crippen LogP contribution >= 0.6 is 0 Å². The predicted molar refractivity (Wildman–Crippen MR) is 174 cm³/mol. The van der Waals surface area contributed by atoms with E-state index in [4.69, 9.17) is 14.2 Å². The minimum atomic E-state index is -1.84. The molecule has 1 fully saturated rings. The number of aromatic nitrogens is 1. The Hall–Kier alpha value is -5.08. The number of pyridine rings is 1. The Bertz CT molecular complexity index is 1650. The number of benzene rings is 2. The van der Waals surface area contributed by atoms with Gasteiger partial charge in [-0.25, -0.2) is 14.6 Å². The molecule has 3 N–H and O–H groups in total. The summed E-state index contributed by atoms with van der Waals surface area (Å²) in [4.78, 5) is 70.4. The van der Waals surface area contributed by atoms with Gasteiger partial charge in [-0.1, -0.05) is 0 Å². The summed E-state index contributed by atoms with van der Waals surface area (Å²) in [6.45, 7) is 11.6. The fourth-order valence-electron chi connectivity index (χ4n) is 4.65. The van der Waals surface area contributed by atoms with E-state index >= 15 is 0 Å². The van der Waals surface area contributed by atoms with Crippen LogP contribution in [0.2, 0.25) is 0 Å². The number of nitrogens with zero attached hydrogens (tertiary/aromatic N) is 3. The third-order valence-electron chi connectivity index (χ3n) is 6.55. The zero-order chi connectivity index (χ0) is 34.7. The number of carbonyl (C=O) groups excluding carboxylic acids is 5. The number of ether oxygens (including phenoxy) is 3. The number of anilines is 4. The van der Waals surface area contributed by atoms with Crippen molar-refractivity contribution in [3.05, 3.63) is 54.7 Å². The van der Waals surface area contributed by atoms with Crippen LogP contribution in [0.3, 0.4) is 0 Å². The summed E-state index contributed by atoms with van der Waals surface area (Å²) in [5.74, 6) is -1.77. The van der Waals surface area contributed by atoms with E-state index in [1.807, 2.05) is 0 Å². The first-order chi connectivity index (χ1) is 21.9. The van der Waals surface area contributed by atoms with Crippen molar-refractivity contribution in [2.45, 2.75) is 71.9 Å². The zero-order valence-electron chi connectivity index (χ0n) is 27.3. The van der Waals surface area contributed by atoms with Gasteiger partial charge in [0.2, 0.25) is 5.91 Å². The topological polar surface area (TPSA) is 177 Å². The van der Waals surface area contributed by atoms with Crippen LogP contribution in [-0.2, 0) is 28.6 Å². The number of rotatable bonds is 6. The van der Waals surface area contributed by atoms with E-state index in [1.165, 1.54) is 30.2 Å². The molecular formula is C33H39N5O9. The van der Waals surface area contributed by atoms with E-state index in [1.54, 1.807) is 77.9 Å². The highest BCUT2D eigenvalue weighted by molar-refractivity contribution is 6.14. The van der Waals surface area contributed by atoms with Crippen molar-refractivity contribution in [1.29, 1.82) is 0 Å². The van der Waals surface area contributed by atoms with Crippen molar-refractivity contribution < 1.29 is 43.3 Å². The molecule has 0 radical (unpaired) electrons. The molecule has 5 amide bonds. The molecule has 2 aromatic carbocycles. The molecule has 1 aliphatic heterocycles. The maximum absolute atomic E-state index is 13.3. The number of hydrogen-bond acceptors (Lipinski definition) is 10. The molecule has 2 heterocycles. The Balaban J connectivity index is 1.54. The highest BCUT2D eigenvalue weighted by atomic mass is 16.6. The number of hydrogen-bond donors (Lipinski definition) is 3. The average Bonchev–Trinajstić information content (AvgIpc) is 2.95. The quantitative estimate of drug-likeness (QED) is 0.342. The highest BCUT2D eigenvalue weighted by Gasteiger charge is 2.40. The molecule has 0 aliphatic carbocycles. The van der Waals surface area contributed by atoms with Crippen LogP contribution in [0.15, 0.2) is 54.7 Å². The summed E-state index contributed by atoms with van der Waals surface area (Å²) in [6, 6.07) is 12.8. The first kappa shape index (κ1) is 34.8. The van der Waals surface area contributed by atoms with Gasteiger partial charge in [-0.3, -0.25) is 14.4 Å². The van der Waals surface area contributed by atoms with Crippen LogP contribution in [-0.4, -0.2) is 76.6 Å². The first-order valence-electron chi connectivity index (χ1n) is 14.9. The van der Waals surface area contributed by atoms with Gasteiger partial charge in [0.25, 0.3) is 11.8 Å². The number of aliphatic hydroxyl groups is 1. The molecule has 0 unspecified atom stereocenters. The van der Waals surface area contributed by atoms with E-state index in [-0.39, 0.29) is 30.6 Å². The van der Waals surface area contributed by atoms with E-state index in [9.17, 15) is 29.1 Å². The SMILES string of the molecule is CC(=O)Nc1ccc(N2CCO[C@H]([C@@H](O)C(=O)Nc3ccc4c(N(C(=O)OC(C)(C)C)C(=O)OC(C)(C)C)nccc4c3)C2=O)cc1. The fourth-order valence-corrected chi connectivity index (χ4v) is 4.65. The van der Waals surface area contributed by atoms with Crippen molar-refractivity contribution in [2.75, 3.05) is 33.6 Å². The standard InChI is InChI=1S/C33H39N5O9/c1-19(39)35-21-8-11-23(12-9-21)37-16-17-45-26(29(37)42)25(40)28(41)36-22-10-13-24-20(18-22)14-15-34-27(24)38(30(43)46-32(2,3)4)31(44)47-33(5,6)7/h8-15,18,25-26,40H,16-17H2,1-7H3,(H,35,39)(H,36,41)/t25-,26-/m1/s1. The summed E-state index contributed by atoms with van der Waals surface area (Å²) in [5, 5.41) is 17.0. The number of fused-ring (bicyclic) bond motifs is 1. The molecule has 4 rings (SSSR count). The van der Waals surface area contributed by atoms with E-state index in [2.05, 4.69) is 15.6 Å². The van der Waals surface area contributed by atoms with Crippen molar-refractivity contribution in [1.82, 2.24) is 4.98 Å². The minimum Gasteiger partial charge on any atom is -0.443 e. The molecule has 1 aliphatic rings. The summed E-state index contributed by atoms with van der Waals surface area (Å²) >= 11 is 0. The first-order valence-corrected chi connectivity index (χ1v) is 14.9. The van der Waals surface area contributed by atoms with Gasteiger partial charge in [0.1, 0.15) is 11.2 Å². The van der Waals surface area contributed by atoms with E-state index in [0.29, 0.717) is 27.0 Å². The van der Waals surface area contributed by atoms with Gasteiger partial charge in [-0.05, 0) is 95.5 Å². The van der Waals surface area contributed by atoms with Crippen molar-refractivity contribution in [3.63, 3.8) is 0 Å². The molecule has 0 bridgehead atoms. The van der Waals surface area contributed by atoms with Gasteiger partial charge < -0.3 is 34.9 Å². The van der Waals surface area contributed by atoms with Crippen LogP contribution in [0.4, 0.5) is 32.5 Å². The number of carbonyl (C=O) groups is 5. The summed E-state index contributed by atoms with van der Waals surface area (Å²) in [6.07, 6.45) is -3.90. The Kier molecular flexibility index (Phi) is 10.2. The normalized spacial score (nSPS) is 15.9. The van der Waals surface area contributed by atoms with Gasteiger partial charge in [0.15, 0.2) is 18.0 Å². The highest BCUT2D eigenvalue weighted by Crippen LogP contribution is 2.30. The molecule has 1 saturated heterocycles. The van der Waals surface area contributed by atoms with Gasteiger partial charge in [0.05, 0.1) is 6.61 Å². The van der Waals surface area contributed by atoms with Crippen LogP contribution in [0.5, 0.6) is 0 Å². The van der Waals surface area contributed by atoms with Crippen LogP contribution < -0.4 is 20.4 Å². The monoisotopic (exact) mass is 649 g/mol. The molecule has 1 aromatic heterocycles. The lowest BCUT2D eigenvalue weighted by Crippen LogP contribution is -2.55. The third kappa shape index (κ3) is 8.80. The van der Waals surface area contributed by atoms with Crippen molar-refractivity contribution in [2.24, 2.45) is 0 Å². The lowest BCUT2D eigenvalue weighted by atomic mass is 10.1. The molecule has 14 nitrogen and oxygen atoms in total. The van der Waals surface area contributed by atoms with Gasteiger partial charge >= 0.3 is 12.2 Å². The molecule has 47 heavy (non-hydrogen) atoms. The molecular weight excluding hydrogens is 610 g/mol. The second-order valence-corrected chi connectivity index (χ2v) is 12.8. The zero-order valence-corrected chi connectivity index (χ0v) is 27.3. The van der Waals surface area contributed by atoms with Crippen LogP contribution in [0.25, 0.3) is 10.8 Å². The Morgan fingerprint density at radius 3 is 2.11 bits per heavy atom.